The zero-order chi connectivity index (χ0) is 15.1. The molecule has 3 nitrogen and oxygen atoms in total. The molecule has 1 aromatic heterocycles. The Hall–Kier alpha value is -0.420. The monoisotopic (exact) mass is 310 g/mol. The van der Waals surface area contributed by atoms with Crippen molar-refractivity contribution in [1.82, 2.24) is 10.2 Å². The molecule has 0 bridgehead atoms. The highest BCUT2D eigenvalue weighted by molar-refractivity contribution is 7.11. The Morgan fingerprint density at radius 1 is 1.38 bits per heavy atom. The van der Waals surface area contributed by atoms with Gasteiger partial charge in [0.05, 0.1) is 6.61 Å². The van der Waals surface area contributed by atoms with Crippen LogP contribution in [0.2, 0.25) is 0 Å². The Balaban J connectivity index is 1.76. The van der Waals surface area contributed by atoms with Crippen molar-refractivity contribution >= 4 is 11.3 Å². The molecule has 21 heavy (non-hydrogen) atoms. The van der Waals surface area contributed by atoms with Crippen molar-refractivity contribution in [2.75, 3.05) is 33.4 Å². The third kappa shape index (κ3) is 6.07. The minimum Gasteiger partial charge on any atom is -0.384 e. The summed E-state index contributed by atoms with van der Waals surface area (Å²) < 4.78 is 5.32. The van der Waals surface area contributed by atoms with Gasteiger partial charge in [-0.1, -0.05) is 13.8 Å². The average Bonchev–Trinajstić information content (AvgIpc) is 2.87. The van der Waals surface area contributed by atoms with Gasteiger partial charge in [0.15, 0.2) is 0 Å². The molecule has 0 aliphatic carbocycles. The van der Waals surface area contributed by atoms with E-state index in [0.29, 0.717) is 0 Å². The highest BCUT2D eigenvalue weighted by Crippen LogP contribution is 2.22. The summed E-state index contributed by atoms with van der Waals surface area (Å²) >= 11 is 1.96. The van der Waals surface area contributed by atoms with Crippen molar-refractivity contribution in [3.8, 4) is 0 Å². The zero-order valence-corrected chi connectivity index (χ0v) is 14.5. The number of ether oxygens (including phenoxy) is 1. The van der Waals surface area contributed by atoms with Crippen LogP contribution in [0.4, 0.5) is 0 Å². The number of piperidine rings is 1. The van der Waals surface area contributed by atoms with Crippen LogP contribution in [0, 0.1) is 11.8 Å². The van der Waals surface area contributed by atoms with Crippen LogP contribution in [0.25, 0.3) is 0 Å². The number of nitrogens with one attached hydrogen (secondary N) is 1. The summed E-state index contributed by atoms with van der Waals surface area (Å²) in [5.41, 5.74) is 0. The summed E-state index contributed by atoms with van der Waals surface area (Å²) in [5.74, 6) is 1.44. The van der Waals surface area contributed by atoms with Gasteiger partial charge in [-0.05, 0) is 49.9 Å². The van der Waals surface area contributed by atoms with Crippen LogP contribution in [0.3, 0.4) is 0 Å². The molecule has 0 radical (unpaired) electrons. The first-order chi connectivity index (χ1) is 10.2. The molecule has 0 saturated carbocycles. The third-order valence-corrected chi connectivity index (χ3v) is 5.02. The summed E-state index contributed by atoms with van der Waals surface area (Å²) in [5, 5.41) is 3.52. The van der Waals surface area contributed by atoms with Gasteiger partial charge in [-0.25, -0.2) is 0 Å². The lowest BCUT2D eigenvalue weighted by atomic mass is 9.99. The van der Waals surface area contributed by atoms with Crippen LogP contribution in [-0.4, -0.2) is 38.3 Å². The van der Waals surface area contributed by atoms with Crippen molar-refractivity contribution in [3.63, 3.8) is 0 Å². The SMILES string of the molecule is COCC1CCCN(Cc2ccc(CNCC(C)C)s2)C1. The topological polar surface area (TPSA) is 24.5 Å². The first-order valence-corrected chi connectivity index (χ1v) is 8.98. The van der Waals surface area contributed by atoms with Crippen LogP contribution in [0.15, 0.2) is 12.1 Å². The maximum atomic E-state index is 5.32. The normalized spacial score (nSPS) is 20.3. The minimum absolute atomic E-state index is 0.718. The summed E-state index contributed by atoms with van der Waals surface area (Å²) in [6, 6.07) is 4.58. The molecule has 1 aliphatic heterocycles. The van der Waals surface area contributed by atoms with Gasteiger partial charge in [0.1, 0.15) is 0 Å². The molecule has 2 heterocycles. The molecule has 1 saturated heterocycles. The molecular weight excluding hydrogens is 280 g/mol. The Morgan fingerprint density at radius 2 is 2.19 bits per heavy atom. The van der Waals surface area contributed by atoms with Gasteiger partial charge >= 0.3 is 0 Å². The lowest BCUT2D eigenvalue weighted by molar-refractivity contribution is 0.0878. The number of rotatable bonds is 8. The molecule has 1 atom stereocenters. The molecule has 1 N–H and O–H groups in total. The summed E-state index contributed by atoms with van der Waals surface area (Å²) in [4.78, 5) is 5.54. The van der Waals surface area contributed by atoms with Crippen LogP contribution in [0.5, 0.6) is 0 Å². The standard InChI is InChI=1S/C17H30N2OS/c1-14(2)9-18-10-16-6-7-17(21-16)12-19-8-4-5-15(11-19)13-20-3/h6-7,14-15,18H,4-5,8-13H2,1-3H3. The van der Waals surface area contributed by atoms with Gasteiger partial charge in [-0.15, -0.1) is 11.3 Å². The van der Waals surface area contributed by atoms with Crippen LogP contribution in [0.1, 0.15) is 36.4 Å². The van der Waals surface area contributed by atoms with E-state index < -0.39 is 0 Å². The highest BCUT2D eigenvalue weighted by atomic mass is 32.1. The van der Waals surface area contributed by atoms with Crippen molar-refractivity contribution in [2.24, 2.45) is 11.8 Å². The highest BCUT2D eigenvalue weighted by Gasteiger charge is 2.20. The molecule has 120 valence electrons. The lowest BCUT2D eigenvalue weighted by Crippen LogP contribution is -2.36. The number of hydrogen-bond donors (Lipinski definition) is 1. The van der Waals surface area contributed by atoms with Gasteiger partial charge in [-0.3, -0.25) is 4.90 Å². The van der Waals surface area contributed by atoms with Crippen molar-refractivity contribution in [2.45, 2.75) is 39.8 Å². The third-order valence-electron chi connectivity index (χ3n) is 3.95. The molecule has 0 spiro atoms. The first kappa shape index (κ1) is 16.9. The zero-order valence-electron chi connectivity index (χ0n) is 13.7. The average molecular weight is 311 g/mol. The Labute approximate surface area is 133 Å². The van der Waals surface area contributed by atoms with E-state index in [4.69, 9.17) is 4.74 Å². The molecule has 1 unspecified atom stereocenters. The fourth-order valence-corrected chi connectivity index (χ4v) is 4.00. The van der Waals surface area contributed by atoms with Gasteiger partial charge in [-0.2, -0.15) is 0 Å². The molecule has 0 amide bonds. The second-order valence-electron chi connectivity index (χ2n) is 6.59. The molecule has 1 aliphatic rings. The van der Waals surface area contributed by atoms with Crippen molar-refractivity contribution in [1.29, 1.82) is 0 Å². The van der Waals surface area contributed by atoms with Gasteiger partial charge in [0.25, 0.3) is 0 Å². The quantitative estimate of drug-likeness (QED) is 0.797. The summed E-state index contributed by atoms with van der Waals surface area (Å²) in [7, 11) is 1.81. The van der Waals surface area contributed by atoms with Gasteiger partial charge < -0.3 is 10.1 Å². The van der Waals surface area contributed by atoms with E-state index in [9.17, 15) is 0 Å². The first-order valence-electron chi connectivity index (χ1n) is 8.17. The van der Waals surface area contributed by atoms with E-state index in [-0.39, 0.29) is 0 Å². The molecule has 1 fully saturated rings. The molecule has 0 aromatic carbocycles. The van der Waals surface area contributed by atoms with Crippen LogP contribution in [-0.2, 0) is 17.8 Å². The van der Waals surface area contributed by atoms with E-state index in [1.54, 1.807) is 0 Å². The Kier molecular flexibility index (Phi) is 7.17. The number of thiophene rings is 1. The second-order valence-corrected chi connectivity index (χ2v) is 7.84. The van der Waals surface area contributed by atoms with Gasteiger partial charge in [0.2, 0.25) is 0 Å². The fourth-order valence-electron chi connectivity index (χ4n) is 2.97. The summed E-state index contributed by atoms with van der Waals surface area (Å²) in [6.07, 6.45) is 2.63. The Morgan fingerprint density at radius 3 is 2.95 bits per heavy atom. The fraction of sp³-hybridized carbons (Fsp3) is 0.765. The van der Waals surface area contributed by atoms with E-state index >= 15 is 0 Å². The molecular formula is C17H30N2OS. The minimum atomic E-state index is 0.718. The van der Waals surface area contributed by atoms with E-state index in [1.165, 1.54) is 35.7 Å². The van der Waals surface area contributed by atoms with E-state index in [2.05, 4.69) is 36.2 Å². The second kappa shape index (κ2) is 8.89. The number of methoxy groups -OCH3 is 1. The maximum Gasteiger partial charge on any atom is 0.0502 e. The number of hydrogen-bond acceptors (Lipinski definition) is 4. The predicted octanol–water partition coefficient (Wildman–Crippen LogP) is 3.35. The smallest absolute Gasteiger partial charge is 0.0502 e. The van der Waals surface area contributed by atoms with E-state index in [0.717, 1.165) is 38.1 Å². The van der Waals surface area contributed by atoms with Crippen LogP contribution < -0.4 is 5.32 Å². The predicted molar refractivity (Wildman–Crippen MR) is 90.7 cm³/mol. The largest absolute Gasteiger partial charge is 0.384 e. The number of likely N-dealkylation sites (tertiary alicyclic amines) is 1. The number of nitrogens with zero attached hydrogens (tertiary/aromatic N) is 1. The van der Waals surface area contributed by atoms with Crippen molar-refractivity contribution < 1.29 is 4.74 Å². The van der Waals surface area contributed by atoms with Gasteiger partial charge in [0, 0.05) is 36.5 Å². The summed E-state index contributed by atoms with van der Waals surface area (Å²) in [6.45, 7) is 11.0. The molecule has 1 aromatic rings. The maximum absolute atomic E-state index is 5.32. The van der Waals surface area contributed by atoms with E-state index in [1.807, 2.05) is 18.4 Å². The molecule has 4 heteroatoms. The van der Waals surface area contributed by atoms with Crippen molar-refractivity contribution in [3.05, 3.63) is 21.9 Å². The lowest BCUT2D eigenvalue weighted by Gasteiger charge is -2.31. The molecule has 2 rings (SSSR count). The Bertz CT molecular complexity index is 403. The van der Waals surface area contributed by atoms with Crippen LogP contribution >= 0.6 is 11.3 Å².